The Morgan fingerprint density at radius 2 is 1.75 bits per heavy atom. The van der Waals surface area contributed by atoms with Crippen molar-refractivity contribution in [1.82, 2.24) is 9.29 Å². The summed E-state index contributed by atoms with van der Waals surface area (Å²) in [5.74, 6) is -0.182. The van der Waals surface area contributed by atoms with Gasteiger partial charge in [-0.2, -0.15) is 4.31 Å². The number of fused-ring (bicyclic) bond motifs is 1. The maximum Gasteiger partial charge on any atom is 0.243 e. The van der Waals surface area contributed by atoms with Gasteiger partial charge in [0.05, 0.1) is 10.4 Å². The first-order valence-electron chi connectivity index (χ1n) is 9.13. The summed E-state index contributed by atoms with van der Waals surface area (Å²) in [6, 6.07) is 15.7. The van der Waals surface area contributed by atoms with Crippen LogP contribution in [-0.2, 0) is 10.0 Å². The first kappa shape index (κ1) is 19.9. The molecule has 1 aromatic heterocycles. The number of sulfonamides is 1. The van der Waals surface area contributed by atoms with Gasteiger partial charge in [0, 0.05) is 30.2 Å². The Balaban J connectivity index is 1.78. The monoisotopic (exact) mass is 394 g/mol. The minimum absolute atomic E-state index is 0.182. The van der Waals surface area contributed by atoms with E-state index in [0.717, 1.165) is 16.5 Å². The average molecular weight is 394 g/mol. The number of aromatic nitrogens is 1. The summed E-state index contributed by atoms with van der Waals surface area (Å²) in [6.07, 6.45) is 4.98. The summed E-state index contributed by atoms with van der Waals surface area (Å²) >= 11 is 0. The maximum atomic E-state index is 12.5. The Bertz CT molecular complexity index is 1120. The van der Waals surface area contributed by atoms with Crippen molar-refractivity contribution < 1.29 is 13.2 Å². The fraction of sp³-hybridized carbons (Fsp3) is 0.182. The van der Waals surface area contributed by atoms with Crippen molar-refractivity contribution in [3.8, 4) is 0 Å². The van der Waals surface area contributed by atoms with Gasteiger partial charge in [-0.1, -0.05) is 32.1 Å². The van der Waals surface area contributed by atoms with Crippen LogP contribution in [0.15, 0.2) is 71.8 Å². The van der Waals surface area contributed by atoms with Crippen LogP contribution in [0.2, 0.25) is 0 Å². The Morgan fingerprint density at radius 3 is 2.43 bits per heavy atom. The van der Waals surface area contributed by atoms with Crippen LogP contribution in [-0.4, -0.2) is 36.6 Å². The van der Waals surface area contributed by atoms with Crippen molar-refractivity contribution in [1.29, 1.82) is 0 Å². The topological polar surface area (TPSA) is 67.3 Å². The van der Waals surface area contributed by atoms with Crippen molar-refractivity contribution in [2.24, 2.45) is 0 Å². The highest BCUT2D eigenvalue weighted by molar-refractivity contribution is 7.89. The Labute approximate surface area is 165 Å². The first-order valence-corrected chi connectivity index (χ1v) is 10.6. The van der Waals surface area contributed by atoms with Crippen LogP contribution in [0.5, 0.6) is 0 Å². The van der Waals surface area contributed by atoms with E-state index in [0.29, 0.717) is 18.7 Å². The lowest BCUT2D eigenvalue weighted by molar-refractivity contribution is 0.104. The molecule has 0 spiro atoms. The molecule has 0 aliphatic rings. The third kappa shape index (κ3) is 4.18. The van der Waals surface area contributed by atoms with Crippen molar-refractivity contribution in [2.75, 3.05) is 13.1 Å². The van der Waals surface area contributed by atoms with E-state index in [1.165, 1.54) is 22.5 Å². The van der Waals surface area contributed by atoms with Crippen molar-refractivity contribution in [3.63, 3.8) is 0 Å². The zero-order valence-electron chi connectivity index (χ0n) is 15.9. The molecule has 0 aliphatic heterocycles. The molecule has 0 fully saturated rings. The summed E-state index contributed by atoms with van der Waals surface area (Å²) in [7, 11) is -3.52. The van der Waals surface area contributed by atoms with Gasteiger partial charge >= 0.3 is 0 Å². The number of allylic oxidation sites excluding steroid dienone is 1. The molecule has 0 radical (unpaired) electrons. The van der Waals surface area contributed by atoms with Crippen LogP contribution >= 0.6 is 0 Å². The van der Waals surface area contributed by atoms with Crippen LogP contribution in [0.3, 0.4) is 0 Å². The fourth-order valence-corrected chi connectivity index (χ4v) is 4.43. The van der Waals surface area contributed by atoms with E-state index in [9.17, 15) is 13.2 Å². The third-order valence-corrected chi connectivity index (χ3v) is 6.60. The summed E-state index contributed by atoms with van der Waals surface area (Å²) < 4.78 is 26.4. The molecule has 1 heterocycles. The second-order valence-electron chi connectivity index (χ2n) is 6.27. The molecular formula is C22H22N2O3S. The smallest absolute Gasteiger partial charge is 0.243 e. The lowest BCUT2D eigenvalue weighted by atomic mass is 10.1. The SMILES string of the molecule is CCN(CC)S(=O)(=O)c1ccc(C(=O)/C=C/c2ccc3ncccc3c2)cc1. The maximum absolute atomic E-state index is 12.5. The Morgan fingerprint density at radius 1 is 1.04 bits per heavy atom. The number of pyridine rings is 1. The van der Waals surface area contributed by atoms with Gasteiger partial charge in [0.1, 0.15) is 0 Å². The lowest BCUT2D eigenvalue weighted by Crippen LogP contribution is -2.30. The molecular weight excluding hydrogens is 372 g/mol. The van der Waals surface area contributed by atoms with Gasteiger partial charge in [-0.15, -0.1) is 0 Å². The minimum atomic E-state index is -3.52. The molecule has 3 rings (SSSR count). The highest BCUT2D eigenvalue weighted by Gasteiger charge is 2.21. The van der Waals surface area contributed by atoms with E-state index >= 15 is 0 Å². The van der Waals surface area contributed by atoms with Crippen molar-refractivity contribution in [2.45, 2.75) is 18.7 Å². The summed E-state index contributed by atoms with van der Waals surface area (Å²) in [6.45, 7) is 4.41. The van der Waals surface area contributed by atoms with E-state index in [1.54, 1.807) is 38.3 Å². The molecule has 0 aliphatic carbocycles. The lowest BCUT2D eigenvalue weighted by Gasteiger charge is -2.18. The van der Waals surface area contributed by atoms with E-state index in [2.05, 4.69) is 4.98 Å². The zero-order valence-corrected chi connectivity index (χ0v) is 16.7. The van der Waals surface area contributed by atoms with Crippen molar-refractivity contribution in [3.05, 3.63) is 78.0 Å². The van der Waals surface area contributed by atoms with Crippen LogP contribution < -0.4 is 0 Å². The van der Waals surface area contributed by atoms with Gasteiger partial charge in [-0.3, -0.25) is 9.78 Å². The fourth-order valence-electron chi connectivity index (χ4n) is 2.97. The number of hydrogen-bond donors (Lipinski definition) is 0. The summed E-state index contributed by atoms with van der Waals surface area (Å²) in [4.78, 5) is 16.9. The minimum Gasteiger partial charge on any atom is -0.289 e. The number of nitrogens with zero attached hydrogens (tertiary/aromatic N) is 2. The van der Waals surface area contributed by atoms with Gasteiger partial charge in [-0.05, 0) is 54.1 Å². The largest absolute Gasteiger partial charge is 0.289 e. The number of carbonyl (C=O) groups is 1. The van der Waals surface area contributed by atoms with Gasteiger partial charge in [0.15, 0.2) is 5.78 Å². The second-order valence-corrected chi connectivity index (χ2v) is 8.20. The Kier molecular flexibility index (Phi) is 6.02. The molecule has 0 saturated carbocycles. The number of benzene rings is 2. The average Bonchev–Trinajstić information content (AvgIpc) is 2.72. The molecule has 0 amide bonds. The summed E-state index contributed by atoms with van der Waals surface area (Å²) in [5, 5.41) is 1.00. The standard InChI is InChI=1S/C22H22N2O3S/c1-3-24(4-2)28(26,27)20-11-9-18(10-12-20)22(25)14-8-17-7-13-21-19(16-17)6-5-15-23-21/h5-16H,3-4H2,1-2H3/b14-8+. The van der Waals surface area contributed by atoms with Crippen LogP contribution in [0.25, 0.3) is 17.0 Å². The molecule has 3 aromatic rings. The van der Waals surface area contributed by atoms with E-state index in [1.807, 2.05) is 30.3 Å². The molecule has 0 atom stereocenters. The van der Waals surface area contributed by atoms with E-state index in [4.69, 9.17) is 0 Å². The van der Waals surface area contributed by atoms with Crippen LogP contribution in [0.1, 0.15) is 29.8 Å². The van der Waals surface area contributed by atoms with Gasteiger partial charge in [0.25, 0.3) is 0 Å². The third-order valence-electron chi connectivity index (χ3n) is 4.54. The van der Waals surface area contributed by atoms with Gasteiger partial charge in [-0.25, -0.2) is 8.42 Å². The quantitative estimate of drug-likeness (QED) is 0.446. The molecule has 2 aromatic carbocycles. The molecule has 28 heavy (non-hydrogen) atoms. The number of ketones is 1. The second kappa shape index (κ2) is 8.46. The molecule has 0 bridgehead atoms. The predicted molar refractivity (Wildman–Crippen MR) is 112 cm³/mol. The summed E-state index contributed by atoms with van der Waals surface area (Å²) in [5.41, 5.74) is 2.24. The first-order chi connectivity index (χ1) is 13.5. The normalized spacial score (nSPS) is 12.1. The number of hydrogen-bond acceptors (Lipinski definition) is 4. The zero-order chi connectivity index (χ0) is 20.1. The van der Waals surface area contributed by atoms with Crippen LogP contribution in [0, 0.1) is 0 Å². The molecule has 144 valence electrons. The predicted octanol–water partition coefficient (Wildman–Crippen LogP) is 4.16. The molecule has 5 nitrogen and oxygen atoms in total. The van der Waals surface area contributed by atoms with Crippen LogP contribution in [0.4, 0.5) is 0 Å². The molecule has 0 N–H and O–H groups in total. The van der Waals surface area contributed by atoms with Gasteiger partial charge in [0.2, 0.25) is 10.0 Å². The van der Waals surface area contributed by atoms with Gasteiger partial charge < -0.3 is 0 Å². The number of carbonyl (C=O) groups excluding carboxylic acids is 1. The highest BCUT2D eigenvalue weighted by Crippen LogP contribution is 2.18. The van der Waals surface area contributed by atoms with E-state index in [-0.39, 0.29) is 10.7 Å². The molecule has 6 heteroatoms. The highest BCUT2D eigenvalue weighted by atomic mass is 32.2. The van der Waals surface area contributed by atoms with E-state index < -0.39 is 10.0 Å². The van der Waals surface area contributed by atoms with Crippen molar-refractivity contribution >= 4 is 32.8 Å². The molecule has 0 saturated heterocycles. The number of rotatable bonds is 7. The molecule has 0 unspecified atom stereocenters. The Hall–Kier alpha value is -2.83.